The van der Waals surface area contributed by atoms with Gasteiger partial charge in [0.1, 0.15) is 11.3 Å². The lowest BCUT2D eigenvalue weighted by Gasteiger charge is -2.04. The third-order valence-electron chi connectivity index (χ3n) is 1.96. The zero-order valence-electron chi connectivity index (χ0n) is 11.0. The normalized spacial score (nSPS) is 10.8. The number of nitro benzene ring substituents is 1. The summed E-state index contributed by atoms with van der Waals surface area (Å²) in [5, 5.41) is 10.9. The second-order valence-electron chi connectivity index (χ2n) is 4.11. The summed E-state index contributed by atoms with van der Waals surface area (Å²) in [7, 11) is -2.75. The number of nitro groups is 1. The van der Waals surface area contributed by atoms with E-state index in [0.29, 0.717) is 0 Å². The Morgan fingerprint density at radius 1 is 1.35 bits per heavy atom. The zero-order valence-corrected chi connectivity index (χ0v) is 11.8. The van der Waals surface area contributed by atoms with Crippen LogP contribution in [0.15, 0.2) is 22.6 Å². The van der Waals surface area contributed by atoms with E-state index < -0.39 is 32.2 Å². The van der Waals surface area contributed by atoms with Gasteiger partial charge in [0, 0.05) is 41.3 Å². The van der Waals surface area contributed by atoms with Crippen LogP contribution in [0.5, 0.6) is 5.75 Å². The third kappa shape index (κ3) is 4.43. The van der Waals surface area contributed by atoms with E-state index in [1.807, 2.05) is 0 Å². The monoisotopic (exact) mass is 300 g/mol. The van der Waals surface area contributed by atoms with Crippen LogP contribution >= 0.6 is 0 Å². The first kappa shape index (κ1) is 15.8. The maximum atomic E-state index is 11.8. The highest BCUT2D eigenvalue weighted by molar-refractivity contribution is 7.92. The molecule has 0 atom stereocenters. The molecule has 108 valence electrons. The minimum absolute atomic E-state index is 0.0274. The Hall–Kier alpha value is -2.29. The predicted molar refractivity (Wildman–Crippen MR) is 71.2 cm³/mol. The van der Waals surface area contributed by atoms with Crippen LogP contribution in [0.25, 0.3) is 0 Å². The molecule has 0 aliphatic rings. The molecule has 0 aromatic heterocycles. The minimum Gasteiger partial charge on any atom is -0.427 e. The van der Waals surface area contributed by atoms with Gasteiger partial charge in [-0.25, -0.2) is 4.21 Å². The van der Waals surface area contributed by atoms with Crippen molar-refractivity contribution in [1.82, 2.24) is 0 Å². The van der Waals surface area contributed by atoms with E-state index in [4.69, 9.17) is 4.74 Å². The van der Waals surface area contributed by atoms with Crippen LogP contribution in [0.4, 0.5) is 5.69 Å². The van der Waals surface area contributed by atoms with Gasteiger partial charge in [0.15, 0.2) is 0 Å². The number of rotatable bonds is 3. The predicted octanol–water partition coefficient (Wildman–Crippen LogP) is 1.39. The molecule has 1 aromatic carbocycles. The van der Waals surface area contributed by atoms with E-state index in [1.54, 1.807) is 0 Å². The molecule has 0 saturated heterocycles. The molecule has 0 radical (unpaired) electrons. The molecule has 1 rings (SSSR count). The Morgan fingerprint density at radius 2 is 1.95 bits per heavy atom. The van der Waals surface area contributed by atoms with Gasteiger partial charge in [0.05, 0.1) is 4.92 Å². The topological polar surface area (TPSA) is 116 Å². The van der Waals surface area contributed by atoms with Crippen LogP contribution in [-0.2, 0) is 14.5 Å². The first-order valence-electron chi connectivity index (χ1n) is 5.28. The van der Waals surface area contributed by atoms with Gasteiger partial charge < -0.3 is 4.74 Å². The first-order valence-corrected chi connectivity index (χ1v) is 7.61. The molecule has 1 aromatic rings. The van der Waals surface area contributed by atoms with Gasteiger partial charge in [-0.3, -0.25) is 19.7 Å². The van der Waals surface area contributed by atoms with Crippen molar-refractivity contribution in [2.75, 3.05) is 12.5 Å². The number of carbonyl (C=O) groups excluding carboxylic acids is 2. The van der Waals surface area contributed by atoms with Gasteiger partial charge in [0.2, 0.25) is 0 Å². The van der Waals surface area contributed by atoms with Crippen molar-refractivity contribution >= 4 is 27.3 Å². The summed E-state index contributed by atoms with van der Waals surface area (Å²) in [5.74, 6) is -1.66. The van der Waals surface area contributed by atoms with Crippen molar-refractivity contribution in [3.8, 4) is 5.75 Å². The second kappa shape index (κ2) is 5.78. The number of benzene rings is 1. The summed E-state index contributed by atoms with van der Waals surface area (Å²) < 4.78 is 19.6. The van der Waals surface area contributed by atoms with Crippen LogP contribution in [0.1, 0.15) is 17.3 Å². The number of nitrogens with zero attached hydrogens (tertiary/aromatic N) is 2. The first-order chi connectivity index (χ1) is 9.10. The van der Waals surface area contributed by atoms with Crippen LogP contribution in [0.2, 0.25) is 0 Å². The van der Waals surface area contributed by atoms with Gasteiger partial charge >= 0.3 is 5.97 Å². The van der Waals surface area contributed by atoms with Crippen molar-refractivity contribution in [1.29, 1.82) is 0 Å². The fraction of sp³-hybridized carbons (Fsp3) is 0.273. The van der Waals surface area contributed by atoms with Crippen molar-refractivity contribution < 1.29 is 23.5 Å². The molecule has 1 amide bonds. The second-order valence-corrected chi connectivity index (χ2v) is 6.65. The number of amides is 1. The lowest BCUT2D eigenvalue weighted by atomic mass is 10.1. The quantitative estimate of drug-likeness (QED) is 0.360. The molecule has 0 fully saturated rings. The number of hydrogen-bond acceptors (Lipinski definition) is 6. The summed E-state index contributed by atoms with van der Waals surface area (Å²) in [6.45, 7) is 1.15. The summed E-state index contributed by atoms with van der Waals surface area (Å²) in [6.07, 6.45) is 2.46. The average Bonchev–Trinajstić information content (AvgIpc) is 2.25. The maximum Gasteiger partial charge on any atom is 0.308 e. The molecule has 9 heteroatoms. The van der Waals surface area contributed by atoms with Gasteiger partial charge in [-0.15, -0.1) is 0 Å². The number of esters is 1. The SMILES string of the molecule is CC(=O)Oc1ccc([N+](=O)[O-])c(C(=O)N=S(C)(C)=O)c1. The van der Waals surface area contributed by atoms with E-state index in [0.717, 1.165) is 19.1 Å². The lowest BCUT2D eigenvalue weighted by molar-refractivity contribution is -0.385. The Bertz CT molecular complexity index is 695. The van der Waals surface area contributed by atoms with E-state index >= 15 is 0 Å². The standard InChI is InChI=1S/C11H12N2O6S/c1-7(14)19-8-4-5-10(13(16)17)9(6-8)11(15)12-20(2,3)18/h4-6H,1-3H3. The maximum absolute atomic E-state index is 11.8. The summed E-state index contributed by atoms with van der Waals surface area (Å²) >= 11 is 0. The summed E-state index contributed by atoms with van der Waals surface area (Å²) in [6, 6.07) is 3.23. The van der Waals surface area contributed by atoms with Crippen LogP contribution in [-0.4, -0.2) is 33.5 Å². The fourth-order valence-corrected chi connectivity index (χ4v) is 1.82. The number of hydrogen-bond donors (Lipinski definition) is 0. The minimum atomic E-state index is -2.75. The Balaban J connectivity index is 3.40. The molecule has 0 N–H and O–H groups in total. The van der Waals surface area contributed by atoms with Crippen molar-refractivity contribution in [3.63, 3.8) is 0 Å². The highest BCUT2D eigenvalue weighted by atomic mass is 32.2. The zero-order chi connectivity index (χ0) is 15.5. The van der Waals surface area contributed by atoms with E-state index in [2.05, 4.69) is 4.36 Å². The van der Waals surface area contributed by atoms with Gasteiger partial charge in [-0.1, -0.05) is 0 Å². The molecular formula is C11H12N2O6S. The lowest BCUT2D eigenvalue weighted by Crippen LogP contribution is -2.07. The summed E-state index contributed by atoms with van der Waals surface area (Å²) in [4.78, 5) is 32.8. The molecular weight excluding hydrogens is 288 g/mol. The number of ether oxygens (including phenoxy) is 1. The highest BCUT2D eigenvalue weighted by Crippen LogP contribution is 2.25. The largest absolute Gasteiger partial charge is 0.427 e. The fourth-order valence-electron chi connectivity index (χ4n) is 1.32. The molecule has 0 saturated carbocycles. The van der Waals surface area contributed by atoms with Crippen LogP contribution < -0.4 is 4.74 Å². The molecule has 0 bridgehead atoms. The molecule has 0 aliphatic carbocycles. The molecule has 20 heavy (non-hydrogen) atoms. The summed E-state index contributed by atoms with van der Waals surface area (Å²) in [5.41, 5.74) is -0.886. The Kier molecular flexibility index (Phi) is 4.56. The molecule has 8 nitrogen and oxygen atoms in total. The van der Waals surface area contributed by atoms with Gasteiger partial charge in [0.25, 0.3) is 11.6 Å². The van der Waals surface area contributed by atoms with Gasteiger partial charge in [-0.05, 0) is 6.07 Å². The van der Waals surface area contributed by atoms with E-state index in [1.165, 1.54) is 18.6 Å². The molecule has 0 aliphatic heterocycles. The molecule has 0 unspecified atom stereocenters. The van der Waals surface area contributed by atoms with Crippen LogP contribution in [0.3, 0.4) is 0 Å². The smallest absolute Gasteiger partial charge is 0.308 e. The van der Waals surface area contributed by atoms with Crippen LogP contribution in [0, 0.1) is 10.1 Å². The molecule has 0 spiro atoms. The number of carbonyl (C=O) groups is 2. The van der Waals surface area contributed by atoms with E-state index in [-0.39, 0.29) is 11.3 Å². The Labute approximate surface area is 115 Å². The van der Waals surface area contributed by atoms with Crippen molar-refractivity contribution in [2.45, 2.75) is 6.92 Å². The van der Waals surface area contributed by atoms with Crippen molar-refractivity contribution in [3.05, 3.63) is 33.9 Å². The third-order valence-corrected chi connectivity index (χ3v) is 2.56. The van der Waals surface area contributed by atoms with E-state index in [9.17, 15) is 23.9 Å². The van der Waals surface area contributed by atoms with Gasteiger partial charge in [-0.2, -0.15) is 4.36 Å². The Morgan fingerprint density at radius 3 is 2.40 bits per heavy atom. The highest BCUT2D eigenvalue weighted by Gasteiger charge is 2.22. The molecule has 0 heterocycles. The average molecular weight is 300 g/mol. The van der Waals surface area contributed by atoms with Crippen molar-refractivity contribution in [2.24, 2.45) is 4.36 Å².